The van der Waals surface area contributed by atoms with Crippen molar-refractivity contribution in [2.45, 2.75) is 26.2 Å². The first kappa shape index (κ1) is 21.7. The van der Waals surface area contributed by atoms with Crippen molar-refractivity contribution in [2.24, 2.45) is 0 Å². The molecule has 0 aliphatic rings. The van der Waals surface area contributed by atoms with Crippen molar-refractivity contribution in [3.8, 4) is 6.07 Å². The lowest BCUT2D eigenvalue weighted by molar-refractivity contribution is -0.0914. The number of anilines is 2. The van der Waals surface area contributed by atoms with Crippen LogP contribution >= 0.6 is 11.6 Å². The number of aromatic nitrogens is 3. The van der Waals surface area contributed by atoms with Crippen LogP contribution in [0.3, 0.4) is 0 Å². The molecule has 156 valence electrons. The molecule has 2 N–H and O–H groups in total. The summed E-state index contributed by atoms with van der Waals surface area (Å²) < 4.78 is 10.4. The molecule has 0 aliphatic carbocycles. The molecule has 2 heterocycles. The molecule has 0 saturated heterocycles. The summed E-state index contributed by atoms with van der Waals surface area (Å²) in [4.78, 5) is 13.3. The Morgan fingerprint density at radius 3 is 2.70 bits per heavy atom. The molecule has 0 aliphatic heterocycles. The van der Waals surface area contributed by atoms with E-state index < -0.39 is 6.29 Å². The van der Waals surface area contributed by atoms with Gasteiger partial charge in [-0.1, -0.05) is 23.7 Å². The average molecular weight is 427 g/mol. The Kier molecular flexibility index (Phi) is 7.00. The fourth-order valence-corrected chi connectivity index (χ4v) is 3.32. The van der Waals surface area contributed by atoms with Gasteiger partial charge >= 0.3 is 0 Å². The van der Waals surface area contributed by atoms with Gasteiger partial charge in [-0.3, -0.25) is 0 Å². The molecule has 0 radical (unpaired) electrons. The zero-order chi connectivity index (χ0) is 21.7. The Morgan fingerprint density at radius 1 is 1.23 bits per heavy atom. The predicted octanol–water partition coefficient (Wildman–Crippen LogP) is 4.06. The molecule has 0 saturated carbocycles. The summed E-state index contributed by atoms with van der Waals surface area (Å²) >= 11 is 6.11. The van der Waals surface area contributed by atoms with E-state index in [9.17, 15) is 5.26 Å². The molecule has 3 rings (SSSR count). The van der Waals surface area contributed by atoms with Crippen molar-refractivity contribution in [2.75, 3.05) is 31.4 Å². The van der Waals surface area contributed by atoms with Crippen LogP contribution in [0.15, 0.2) is 30.5 Å². The Bertz CT molecular complexity index is 1080. The maximum atomic E-state index is 9.33. The summed E-state index contributed by atoms with van der Waals surface area (Å²) in [5.41, 5.74) is 3.22. The van der Waals surface area contributed by atoms with Gasteiger partial charge in [0.15, 0.2) is 6.29 Å². The van der Waals surface area contributed by atoms with Gasteiger partial charge in [0.25, 0.3) is 0 Å². The van der Waals surface area contributed by atoms with Crippen LogP contribution in [0.2, 0.25) is 5.15 Å². The first-order valence-electron chi connectivity index (χ1n) is 9.35. The third-order valence-electron chi connectivity index (χ3n) is 4.82. The highest BCUT2D eigenvalue weighted by Crippen LogP contribution is 2.29. The molecule has 0 spiro atoms. The lowest BCUT2D eigenvalue weighted by atomic mass is 9.98. The monoisotopic (exact) mass is 426 g/mol. The highest BCUT2D eigenvalue weighted by Gasteiger charge is 2.16. The van der Waals surface area contributed by atoms with Crippen LogP contribution in [0.25, 0.3) is 10.9 Å². The van der Waals surface area contributed by atoms with Crippen LogP contribution in [0.1, 0.15) is 29.7 Å². The van der Waals surface area contributed by atoms with Gasteiger partial charge in [0.05, 0.1) is 35.9 Å². The normalized spacial score (nSPS) is 12.0. The number of nitrogens with one attached hydrogen (secondary N) is 2. The zero-order valence-electron chi connectivity index (χ0n) is 17.2. The highest BCUT2D eigenvalue weighted by molar-refractivity contribution is 6.30. The highest BCUT2D eigenvalue weighted by atomic mass is 35.5. The van der Waals surface area contributed by atoms with Gasteiger partial charge in [0.1, 0.15) is 11.0 Å². The van der Waals surface area contributed by atoms with Crippen LogP contribution in [0.4, 0.5) is 11.8 Å². The molecular weight excluding hydrogens is 404 g/mol. The standard InChI is InChI=1S/C21H23ClN6O2/c1-12-14(9-23)6-5-7-15(12)13(2)26-20-16-8-18(22)24-10-17(16)27-21(28-20)25-11-19(29-3)30-4/h5-8,10,13,19H,11H2,1-4H3,(H2,25,26,27,28)/t13-/m1/s1. The van der Waals surface area contributed by atoms with Gasteiger partial charge in [-0.15, -0.1) is 0 Å². The summed E-state index contributed by atoms with van der Waals surface area (Å²) in [6, 6.07) is 9.52. The molecule has 0 fully saturated rings. The molecule has 2 aromatic heterocycles. The van der Waals surface area contributed by atoms with Crippen molar-refractivity contribution in [3.05, 3.63) is 52.3 Å². The number of nitrogens with zero attached hydrogens (tertiary/aromatic N) is 4. The molecule has 1 atom stereocenters. The van der Waals surface area contributed by atoms with E-state index in [0.717, 1.165) is 16.5 Å². The molecule has 30 heavy (non-hydrogen) atoms. The van der Waals surface area contributed by atoms with E-state index in [4.69, 9.17) is 21.1 Å². The quantitative estimate of drug-likeness (QED) is 0.410. The molecule has 0 unspecified atom stereocenters. The Hall–Kier alpha value is -2.99. The Morgan fingerprint density at radius 2 is 2.00 bits per heavy atom. The van der Waals surface area contributed by atoms with Crippen LogP contribution in [-0.4, -0.2) is 42.0 Å². The lowest BCUT2D eigenvalue weighted by Gasteiger charge is -2.20. The smallest absolute Gasteiger partial charge is 0.225 e. The van der Waals surface area contributed by atoms with Gasteiger partial charge in [-0.25, -0.2) is 9.97 Å². The van der Waals surface area contributed by atoms with Crippen LogP contribution in [0, 0.1) is 18.3 Å². The number of benzene rings is 1. The fraction of sp³-hybridized carbons (Fsp3) is 0.333. The number of halogens is 1. The summed E-state index contributed by atoms with van der Waals surface area (Å²) in [6.07, 6.45) is 1.17. The molecular formula is C21H23ClN6O2. The Balaban J connectivity index is 1.97. The second kappa shape index (κ2) is 9.67. The number of methoxy groups -OCH3 is 2. The second-order valence-corrected chi connectivity index (χ2v) is 7.09. The third-order valence-corrected chi connectivity index (χ3v) is 5.02. The van der Waals surface area contributed by atoms with E-state index in [-0.39, 0.29) is 6.04 Å². The molecule has 0 amide bonds. The second-order valence-electron chi connectivity index (χ2n) is 6.70. The van der Waals surface area contributed by atoms with E-state index in [0.29, 0.717) is 34.5 Å². The van der Waals surface area contributed by atoms with E-state index in [1.165, 1.54) is 0 Å². The number of fused-ring (bicyclic) bond motifs is 1. The summed E-state index contributed by atoms with van der Waals surface area (Å²) in [5, 5.41) is 17.0. The average Bonchev–Trinajstić information content (AvgIpc) is 2.75. The van der Waals surface area contributed by atoms with Crippen molar-refractivity contribution in [3.63, 3.8) is 0 Å². The molecule has 1 aromatic carbocycles. The van der Waals surface area contributed by atoms with Gasteiger partial charge in [0.2, 0.25) is 5.95 Å². The van der Waals surface area contributed by atoms with Crippen molar-refractivity contribution in [1.82, 2.24) is 15.0 Å². The summed E-state index contributed by atoms with van der Waals surface area (Å²) in [7, 11) is 3.13. The molecule has 8 nitrogen and oxygen atoms in total. The summed E-state index contributed by atoms with van der Waals surface area (Å²) in [6.45, 7) is 4.32. The number of hydrogen-bond acceptors (Lipinski definition) is 8. The van der Waals surface area contributed by atoms with Gasteiger partial charge < -0.3 is 20.1 Å². The van der Waals surface area contributed by atoms with Gasteiger partial charge in [-0.2, -0.15) is 10.2 Å². The fourth-order valence-electron chi connectivity index (χ4n) is 3.16. The largest absolute Gasteiger partial charge is 0.363 e. The van der Waals surface area contributed by atoms with Crippen molar-refractivity contribution < 1.29 is 9.47 Å². The maximum Gasteiger partial charge on any atom is 0.225 e. The van der Waals surface area contributed by atoms with E-state index >= 15 is 0 Å². The van der Waals surface area contributed by atoms with E-state index in [1.54, 1.807) is 32.5 Å². The number of rotatable bonds is 8. The topological polar surface area (TPSA) is 105 Å². The third kappa shape index (κ3) is 4.76. The van der Waals surface area contributed by atoms with Gasteiger partial charge in [0, 0.05) is 19.6 Å². The minimum absolute atomic E-state index is 0.109. The van der Waals surface area contributed by atoms with Crippen LogP contribution in [-0.2, 0) is 9.47 Å². The first-order valence-corrected chi connectivity index (χ1v) is 9.73. The number of hydrogen-bond donors (Lipinski definition) is 2. The van der Waals surface area contributed by atoms with Gasteiger partial charge in [-0.05, 0) is 37.1 Å². The van der Waals surface area contributed by atoms with E-state index in [2.05, 4.69) is 31.7 Å². The van der Waals surface area contributed by atoms with Crippen molar-refractivity contribution >= 4 is 34.3 Å². The molecule has 3 aromatic rings. The maximum absolute atomic E-state index is 9.33. The minimum Gasteiger partial charge on any atom is -0.363 e. The SMILES string of the molecule is COC(CNc1nc(N[C@H](C)c2cccc(C#N)c2C)c2cc(Cl)ncc2n1)OC. The number of nitriles is 1. The Labute approximate surface area is 180 Å². The molecule has 0 bridgehead atoms. The van der Waals surface area contributed by atoms with Crippen LogP contribution in [0.5, 0.6) is 0 Å². The zero-order valence-corrected chi connectivity index (χ0v) is 18.0. The van der Waals surface area contributed by atoms with Crippen molar-refractivity contribution in [1.29, 1.82) is 5.26 Å². The minimum atomic E-state index is -0.431. The number of ether oxygens (including phenoxy) is 2. The lowest BCUT2D eigenvalue weighted by Crippen LogP contribution is -2.24. The predicted molar refractivity (Wildman–Crippen MR) is 117 cm³/mol. The van der Waals surface area contributed by atoms with E-state index in [1.807, 2.05) is 26.0 Å². The molecule has 9 heteroatoms. The first-order chi connectivity index (χ1) is 14.5. The summed E-state index contributed by atoms with van der Waals surface area (Å²) in [5.74, 6) is 1.01. The number of pyridine rings is 1. The van der Waals surface area contributed by atoms with Crippen LogP contribution < -0.4 is 10.6 Å².